The van der Waals surface area contributed by atoms with Crippen LogP contribution in [0.5, 0.6) is 5.75 Å². The SMILES string of the molecule is CCCCCOc1cc(C)c(N)c(C(=O)O)c1. The van der Waals surface area contributed by atoms with Gasteiger partial charge in [0.15, 0.2) is 0 Å². The van der Waals surface area contributed by atoms with Gasteiger partial charge in [0.25, 0.3) is 0 Å². The van der Waals surface area contributed by atoms with Crippen molar-refractivity contribution in [1.82, 2.24) is 0 Å². The van der Waals surface area contributed by atoms with Gasteiger partial charge in [0.2, 0.25) is 0 Å². The normalized spacial score (nSPS) is 10.2. The van der Waals surface area contributed by atoms with Crippen LogP contribution in [0.2, 0.25) is 0 Å². The molecule has 4 heteroatoms. The monoisotopic (exact) mass is 237 g/mol. The first-order valence-electron chi connectivity index (χ1n) is 5.82. The fraction of sp³-hybridized carbons (Fsp3) is 0.462. The largest absolute Gasteiger partial charge is 0.494 e. The molecule has 1 aromatic rings. The van der Waals surface area contributed by atoms with Gasteiger partial charge < -0.3 is 15.6 Å². The molecule has 0 radical (unpaired) electrons. The minimum Gasteiger partial charge on any atom is -0.494 e. The van der Waals surface area contributed by atoms with Crippen LogP contribution in [0.15, 0.2) is 12.1 Å². The van der Waals surface area contributed by atoms with Gasteiger partial charge >= 0.3 is 5.97 Å². The Kier molecular flexibility index (Phi) is 4.82. The van der Waals surface area contributed by atoms with Crippen LogP contribution >= 0.6 is 0 Å². The maximum absolute atomic E-state index is 11.0. The zero-order valence-electron chi connectivity index (χ0n) is 10.3. The summed E-state index contributed by atoms with van der Waals surface area (Å²) in [5, 5.41) is 8.99. The van der Waals surface area contributed by atoms with Crippen molar-refractivity contribution in [2.45, 2.75) is 33.1 Å². The Morgan fingerprint density at radius 2 is 2.12 bits per heavy atom. The standard InChI is InChI=1S/C13H19NO3/c1-3-4-5-6-17-10-7-9(2)12(14)11(8-10)13(15)16/h7-8H,3-6,14H2,1-2H3,(H,15,16). The second-order valence-electron chi connectivity index (χ2n) is 4.06. The first-order valence-corrected chi connectivity index (χ1v) is 5.82. The number of hydrogen-bond acceptors (Lipinski definition) is 3. The number of aryl methyl sites for hydroxylation is 1. The van der Waals surface area contributed by atoms with Gasteiger partial charge in [0, 0.05) is 5.69 Å². The number of aromatic carboxylic acids is 1. The van der Waals surface area contributed by atoms with Crippen molar-refractivity contribution in [1.29, 1.82) is 0 Å². The van der Waals surface area contributed by atoms with Crippen LogP contribution in [0.25, 0.3) is 0 Å². The lowest BCUT2D eigenvalue weighted by molar-refractivity contribution is 0.0697. The molecule has 0 heterocycles. The summed E-state index contributed by atoms with van der Waals surface area (Å²) in [7, 11) is 0. The molecule has 94 valence electrons. The number of anilines is 1. The summed E-state index contributed by atoms with van der Waals surface area (Å²) in [5.74, 6) is -0.449. The minimum absolute atomic E-state index is 0.107. The number of benzene rings is 1. The number of carboxylic acid groups (broad SMARTS) is 1. The van der Waals surface area contributed by atoms with Gasteiger partial charge in [-0.1, -0.05) is 19.8 Å². The molecule has 0 atom stereocenters. The first kappa shape index (κ1) is 13.4. The summed E-state index contributed by atoms with van der Waals surface area (Å²) in [6.07, 6.45) is 3.21. The molecule has 0 bridgehead atoms. The quantitative estimate of drug-likeness (QED) is 0.589. The Morgan fingerprint density at radius 3 is 2.71 bits per heavy atom. The molecule has 17 heavy (non-hydrogen) atoms. The summed E-state index contributed by atoms with van der Waals surface area (Å²) in [4.78, 5) is 11.0. The van der Waals surface area contributed by atoms with Crippen molar-refractivity contribution < 1.29 is 14.6 Å². The average molecular weight is 237 g/mol. The van der Waals surface area contributed by atoms with E-state index in [2.05, 4.69) is 6.92 Å². The summed E-state index contributed by atoms with van der Waals surface area (Å²) in [6.45, 7) is 4.51. The van der Waals surface area contributed by atoms with Crippen molar-refractivity contribution in [3.63, 3.8) is 0 Å². The smallest absolute Gasteiger partial charge is 0.337 e. The van der Waals surface area contributed by atoms with Crippen molar-refractivity contribution in [3.8, 4) is 5.75 Å². The third-order valence-electron chi connectivity index (χ3n) is 2.61. The highest BCUT2D eigenvalue weighted by atomic mass is 16.5. The van der Waals surface area contributed by atoms with E-state index in [-0.39, 0.29) is 5.56 Å². The van der Waals surface area contributed by atoms with E-state index in [0.717, 1.165) is 24.8 Å². The molecule has 0 saturated heterocycles. The third kappa shape index (κ3) is 3.66. The van der Waals surface area contributed by atoms with Gasteiger partial charge in [-0.2, -0.15) is 0 Å². The summed E-state index contributed by atoms with van der Waals surface area (Å²) in [5.41, 5.74) is 6.84. The van der Waals surface area contributed by atoms with Gasteiger partial charge in [-0.3, -0.25) is 0 Å². The van der Waals surface area contributed by atoms with E-state index in [4.69, 9.17) is 15.6 Å². The van der Waals surface area contributed by atoms with E-state index in [1.54, 1.807) is 13.0 Å². The van der Waals surface area contributed by atoms with E-state index in [9.17, 15) is 4.79 Å². The molecule has 4 nitrogen and oxygen atoms in total. The van der Waals surface area contributed by atoms with E-state index in [0.29, 0.717) is 18.0 Å². The number of unbranched alkanes of at least 4 members (excludes halogenated alkanes) is 2. The highest BCUT2D eigenvalue weighted by molar-refractivity contribution is 5.95. The van der Waals surface area contributed by atoms with Crippen LogP contribution in [0.3, 0.4) is 0 Å². The average Bonchev–Trinajstić information content (AvgIpc) is 2.28. The Morgan fingerprint density at radius 1 is 1.41 bits per heavy atom. The fourth-order valence-electron chi connectivity index (χ4n) is 1.57. The highest BCUT2D eigenvalue weighted by Gasteiger charge is 2.12. The molecule has 0 spiro atoms. The highest BCUT2D eigenvalue weighted by Crippen LogP contribution is 2.24. The Bertz CT molecular complexity index is 402. The second kappa shape index (κ2) is 6.13. The van der Waals surface area contributed by atoms with Crippen molar-refractivity contribution in [2.75, 3.05) is 12.3 Å². The van der Waals surface area contributed by atoms with Crippen LogP contribution in [-0.4, -0.2) is 17.7 Å². The minimum atomic E-state index is -1.02. The number of nitrogens with two attached hydrogens (primary N) is 1. The maximum atomic E-state index is 11.0. The lowest BCUT2D eigenvalue weighted by atomic mass is 10.1. The number of rotatable bonds is 6. The molecular weight excluding hydrogens is 218 g/mol. The molecule has 0 aliphatic carbocycles. The van der Waals surface area contributed by atoms with Crippen LogP contribution in [0.4, 0.5) is 5.69 Å². The maximum Gasteiger partial charge on any atom is 0.337 e. The molecule has 1 aromatic carbocycles. The molecule has 0 fully saturated rings. The molecular formula is C13H19NO3. The summed E-state index contributed by atoms with van der Waals surface area (Å²) < 4.78 is 5.52. The van der Waals surface area contributed by atoms with Gasteiger partial charge in [0.05, 0.1) is 12.2 Å². The summed E-state index contributed by atoms with van der Waals surface area (Å²) >= 11 is 0. The zero-order valence-corrected chi connectivity index (χ0v) is 10.3. The fourth-order valence-corrected chi connectivity index (χ4v) is 1.57. The Labute approximate surface area is 101 Å². The number of carboxylic acids is 1. The Hall–Kier alpha value is -1.71. The van der Waals surface area contributed by atoms with E-state index in [1.165, 1.54) is 6.07 Å². The lowest BCUT2D eigenvalue weighted by Gasteiger charge is -2.10. The third-order valence-corrected chi connectivity index (χ3v) is 2.61. The zero-order chi connectivity index (χ0) is 12.8. The number of ether oxygens (including phenoxy) is 1. The van der Waals surface area contributed by atoms with Gasteiger partial charge in [0.1, 0.15) is 5.75 Å². The molecule has 0 aliphatic heterocycles. The first-order chi connectivity index (χ1) is 8.06. The predicted octanol–water partition coefficient (Wildman–Crippen LogP) is 2.84. The number of nitrogen functional groups attached to an aromatic ring is 1. The molecule has 0 amide bonds. The van der Waals surface area contributed by atoms with Gasteiger partial charge in [-0.15, -0.1) is 0 Å². The van der Waals surface area contributed by atoms with Crippen molar-refractivity contribution >= 4 is 11.7 Å². The predicted molar refractivity (Wildman–Crippen MR) is 67.6 cm³/mol. The topological polar surface area (TPSA) is 72.5 Å². The number of carbonyl (C=O) groups is 1. The van der Waals surface area contributed by atoms with E-state index in [1.807, 2.05) is 0 Å². The van der Waals surface area contributed by atoms with E-state index >= 15 is 0 Å². The lowest BCUT2D eigenvalue weighted by Crippen LogP contribution is -2.06. The molecule has 0 saturated carbocycles. The molecule has 0 aromatic heterocycles. The second-order valence-corrected chi connectivity index (χ2v) is 4.06. The van der Waals surface area contributed by atoms with Crippen molar-refractivity contribution in [2.24, 2.45) is 0 Å². The molecule has 0 unspecified atom stereocenters. The van der Waals surface area contributed by atoms with Gasteiger partial charge in [-0.25, -0.2) is 4.79 Å². The van der Waals surface area contributed by atoms with Crippen LogP contribution in [0.1, 0.15) is 42.1 Å². The van der Waals surface area contributed by atoms with Gasteiger partial charge in [-0.05, 0) is 31.0 Å². The Balaban J connectivity index is 2.77. The molecule has 1 rings (SSSR count). The van der Waals surface area contributed by atoms with Crippen molar-refractivity contribution in [3.05, 3.63) is 23.3 Å². The molecule has 0 aliphatic rings. The van der Waals surface area contributed by atoms with Crippen LogP contribution in [0, 0.1) is 6.92 Å². The van der Waals surface area contributed by atoms with E-state index < -0.39 is 5.97 Å². The van der Waals surface area contributed by atoms with Crippen LogP contribution < -0.4 is 10.5 Å². The summed E-state index contributed by atoms with van der Waals surface area (Å²) in [6, 6.07) is 3.25. The number of hydrogen-bond donors (Lipinski definition) is 2. The molecule has 3 N–H and O–H groups in total. The van der Waals surface area contributed by atoms with Crippen LogP contribution in [-0.2, 0) is 0 Å².